The van der Waals surface area contributed by atoms with Crippen LogP contribution in [0.5, 0.6) is 0 Å². The van der Waals surface area contributed by atoms with Gasteiger partial charge in [-0.1, -0.05) is 17.7 Å². The molecule has 0 spiro atoms. The van der Waals surface area contributed by atoms with Crippen LogP contribution in [0.4, 0.5) is 5.69 Å². The average Bonchev–Trinajstić information content (AvgIpc) is 2.48. The number of halogens is 1. The lowest BCUT2D eigenvalue weighted by molar-refractivity contribution is -0.116. The molecule has 0 radical (unpaired) electrons. The van der Waals surface area contributed by atoms with Gasteiger partial charge in [0.1, 0.15) is 0 Å². The van der Waals surface area contributed by atoms with Gasteiger partial charge in [-0.05, 0) is 80.9 Å². The van der Waals surface area contributed by atoms with E-state index in [1.165, 1.54) is 38.5 Å². The van der Waals surface area contributed by atoms with E-state index >= 15 is 0 Å². The zero-order valence-corrected chi connectivity index (χ0v) is 14.5. The third kappa shape index (κ3) is 3.14. The van der Waals surface area contributed by atoms with E-state index in [2.05, 4.69) is 10.6 Å². The highest BCUT2D eigenvalue weighted by Crippen LogP contribution is 2.55. The van der Waals surface area contributed by atoms with E-state index in [0.717, 1.165) is 29.0 Å². The maximum absolute atomic E-state index is 12.3. The van der Waals surface area contributed by atoms with Gasteiger partial charge in [0.05, 0.1) is 6.54 Å². The normalized spacial score (nSPS) is 34.6. The molecule has 1 aromatic rings. The zero-order chi connectivity index (χ0) is 16.0. The van der Waals surface area contributed by atoms with E-state index < -0.39 is 0 Å². The molecule has 4 heteroatoms. The van der Waals surface area contributed by atoms with Crippen LogP contribution in [0.1, 0.15) is 44.1 Å². The molecule has 0 unspecified atom stereocenters. The molecule has 4 aliphatic rings. The summed E-state index contributed by atoms with van der Waals surface area (Å²) in [5.41, 5.74) is 2.03. The van der Waals surface area contributed by atoms with Crippen molar-refractivity contribution in [2.45, 2.75) is 51.0 Å². The fraction of sp³-hybridized carbons (Fsp3) is 0.632. The summed E-state index contributed by atoms with van der Waals surface area (Å²) >= 11 is 6.12. The molecule has 3 nitrogen and oxygen atoms in total. The molecule has 2 N–H and O–H groups in total. The summed E-state index contributed by atoms with van der Waals surface area (Å²) in [5, 5.41) is 7.28. The Bertz CT molecular complexity index is 593. The molecule has 23 heavy (non-hydrogen) atoms. The summed E-state index contributed by atoms with van der Waals surface area (Å²) in [6.07, 6.45) is 8.08. The predicted molar refractivity (Wildman–Crippen MR) is 93.7 cm³/mol. The molecule has 0 atom stereocenters. The Labute approximate surface area is 143 Å². The molecule has 0 aliphatic heterocycles. The van der Waals surface area contributed by atoms with Crippen molar-refractivity contribution in [2.75, 3.05) is 11.9 Å². The summed E-state index contributed by atoms with van der Waals surface area (Å²) in [6.45, 7) is 2.36. The van der Waals surface area contributed by atoms with Crippen LogP contribution in [0.3, 0.4) is 0 Å². The van der Waals surface area contributed by atoms with Gasteiger partial charge in [0.15, 0.2) is 0 Å². The second-order valence-corrected chi connectivity index (χ2v) is 8.47. The first-order chi connectivity index (χ1) is 11.0. The zero-order valence-electron chi connectivity index (χ0n) is 13.7. The van der Waals surface area contributed by atoms with Crippen LogP contribution in [0.2, 0.25) is 5.02 Å². The van der Waals surface area contributed by atoms with Crippen LogP contribution < -0.4 is 10.6 Å². The Morgan fingerprint density at radius 3 is 2.35 bits per heavy atom. The number of nitrogens with one attached hydrogen (secondary N) is 2. The Morgan fingerprint density at radius 1 is 1.17 bits per heavy atom. The number of amides is 1. The van der Waals surface area contributed by atoms with Gasteiger partial charge in [0.25, 0.3) is 0 Å². The Kier molecular flexibility index (Phi) is 3.89. The van der Waals surface area contributed by atoms with Gasteiger partial charge < -0.3 is 10.6 Å². The van der Waals surface area contributed by atoms with Crippen LogP contribution in [0.25, 0.3) is 0 Å². The number of carbonyl (C=O) groups is 1. The van der Waals surface area contributed by atoms with Crippen molar-refractivity contribution in [3.05, 3.63) is 28.8 Å². The molecule has 4 saturated carbocycles. The minimum absolute atomic E-state index is 0.0284. The van der Waals surface area contributed by atoms with Crippen LogP contribution in [0, 0.1) is 24.7 Å². The summed E-state index contributed by atoms with van der Waals surface area (Å²) < 4.78 is 0. The van der Waals surface area contributed by atoms with E-state index in [1.807, 2.05) is 25.1 Å². The standard InChI is InChI=1S/C19H25ClN2O/c1-12-2-3-16(7-17(12)20)22-18(23)11-21-19-8-13-4-14(9-19)6-15(5-13)10-19/h2-3,7,13-15,21H,4-6,8-11H2,1H3,(H,22,23). The number of rotatable bonds is 4. The molecule has 1 amide bonds. The number of carbonyl (C=O) groups excluding carboxylic acids is 1. The van der Waals surface area contributed by atoms with Gasteiger partial charge in [-0.25, -0.2) is 0 Å². The number of benzene rings is 1. The SMILES string of the molecule is Cc1ccc(NC(=O)CNC23CC4CC(CC(C4)C2)C3)cc1Cl. The molecular weight excluding hydrogens is 308 g/mol. The lowest BCUT2D eigenvalue weighted by Gasteiger charge is -2.57. The maximum atomic E-state index is 12.3. The molecule has 4 bridgehead atoms. The van der Waals surface area contributed by atoms with Gasteiger partial charge in [-0.15, -0.1) is 0 Å². The van der Waals surface area contributed by atoms with Crippen LogP contribution in [-0.2, 0) is 4.79 Å². The molecule has 0 saturated heterocycles. The number of aryl methyl sites for hydroxylation is 1. The second-order valence-electron chi connectivity index (χ2n) is 8.06. The summed E-state index contributed by atoms with van der Waals surface area (Å²) in [7, 11) is 0. The first-order valence-corrected chi connectivity index (χ1v) is 9.20. The van der Waals surface area contributed by atoms with Crippen molar-refractivity contribution in [3.8, 4) is 0 Å². The number of anilines is 1. The fourth-order valence-corrected chi connectivity index (χ4v) is 5.65. The lowest BCUT2D eigenvalue weighted by Crippen LogP contribution is -2.59. The van der Waals surface area contributed by atoms with Crippen LogP contribution >= 0.6 is 11.6 Å². The van der Waals surface area contributed by atoms with Crippen LogP contribution in [-0.4, -0.2) is 18.0 Å². The first-order valence-electron chi connectivity index (χ1n) is 8.82. The van der Waals surface area contributed by atoms with Crippen molar-refractivity contribution in [1.82, 2.24) is 5.32 Å². The lowest BCUT2D eigenvalue weighted by atomic mass is 9.53. The summed E-state index contributed by atoms with van der Waals surface area (Å²) in [4.78, 5) is 12.3. The van der Waals surface area contributed by atoms with Crippen molar-refractivity contribution < 1.29 is 4.79 Å². The van der Waals surface area contributed by atoms with Crippen molar-refractivity contribution in [1.29, 1.82) is 0 Å². The summed E-state index contributed by atoms with van der Waals surface area (Å²) in [5.74, 6) is 2.72. The van der Waals surface area contributed by atoms with E-state index in [0.29, 0.717) is 11.6 Å². The van der Waals surface area contributed by atoms with E-state index in [4.69, 9.17) is 11.6 Å². The molecule has 0 heterocycles. The van der Waals surface area contributed by atoms with Crippen molar-refractivity contribution in [2.24, 2.45) is 17.8 Å². The van der Waals surface area contributed by atoms with Gasteiger partial charge in [-0.2, -0.15) is 0 Å². The highest BCUT2D eigenvalue weighted by molar-refractivity contribution is 6.31. The van der Waals surface area contributed by atoms with E-state index in [9.17, 15) is 4.79 Å². The largest absolute Gasteiger partial charge is 0.325 e. The highest BCUT2D eigenvalue weighted by Gasteiger charge is 2.50. The van der Waals surface area contributed by atoms with Gasteiger partial charge in [0, 0.05) is 16.2 Å². The van der Waals surface area contributed by atoms with Crippen molar-refractivity contribution >= 4 is 23.2 Å². The van der Waals surface area contributed by atoms with E-state index in [-0.39, 0.29) is 11.4 Å². The number of hydrogen-bond donors (Lipinski definition) is 2. The molecular formula is C19H25ClN2O. The van der Waals surface area contributed by atoms with Gasteiger partial charge >= 0.3 is 0 Å². The second kappa shape index (κ2) is 5.78. The minimum Gasteiger partial charge on any atom is -0.325 e. The van der Waals surface area contributed by atoms with Crippen molar-refractivity contribution in [3.63, 3.8) is 0 Å². The molecule has 4 fully saturated rings. The smallest absolute Gasteiger partial charge is 0.238 e. The average molecular weight is 333 g/mol. The Hall–Kier alpha value is -1.06. The maximum Gasteiger partial charge on any atom is 0.238 e. The Morgan fingerprint density at radius 2 is 1.78 bits per heavy atom. The third-order valence-corrected chi connectivity index (χ3v) is 6.52. The quantitative estimate of drug-likeness (QED) is 0.869. The molecule has 1 aromatic carbocycles. The fourth-order valence-electron chi connectivity index (χ4n) is 5.47. The number of hydrogen-bond acceptors (Lipinski definition) is 2. The Balaban J connectivity index is 1.35. The van der Waals surface area contributed by atoms with Gasteiger partial charge in [0.2, 0.25) is 5.91 Å². The third-order valence-electron chi connectivity index (χ3n) is 6.12. The molecule has 5 rings (SSSR count). The molecule has 124 valence electrons. The monoisotopic (exact) mass is 332 g/mol. The highest BCUT2D eigenvalue weighted by atomic mass is 35.5. The molecule has 0 aromatic heterocycles. The summed E-state index contributed by atoms with van der Waals surface area (Å²) in [6, 6.07) is 5.66. The first kappa shape index (κ1) is 15.5. The topological polar surface area (TPSA) is 41.1 Å². The predicted octanol–water partition coefficient (Wildman–Crippen LogP) is 4.15. The van der Waals surface area contributed by atoms with Crippen LogP contribution in [0.15, 0.2) is 18.2 Å². The molecule has 4 aliphatic carbocycles. The van der Waals surface area contributed by atoms with E-state index in [1.54, 1.807) is 0 Å². The van der Waals surface area contributed by atoms with Gasteiger partial charge in [-0.3, -0.25) is 4.79 Å². The minimum atomic E-state index is 0.0284.